The van der Waals surface area contributed by atoms with Gasteiger partial charge in [0.15, 0.2) is 5.78 Å². The van der Waals surface area contributed by atoms with Gasteiger partial charge in [-0.3, -0.25) is 4.79 Å². The van der Waals surface area contributed by atoms with E-state index in [9.17, 15) is 10.1 Å². The van der Waals surface area contributed by atoms with Crippen LogP contribution in [0.1, 0.15) is 21.5 Å². The van der Waals surface area contributed by atoms with E-state index < -0.39 is 0 Å². The van der Waals surface area contributed by atoms with E-state index in [4.69, 9.17) is 0 Å². The number of rotatable bonds is 3. The molecule has 3 aromatic carbocycles. The molecule has 0 saturated carbocycles. The summed E-state index contributed by atoms with van der Waals surface area (Å²) in [5.74, 6) is -0.0380. The van der Waals surface area contributed by atoms with Crippen LogP contribution in [0.15, 0.2) is 78.9 Å². The number of carbonyl (C=O) groups excluding carboxylic acids is 1. The highest BCUT2D eigenvalue weighted by Crippen LogP contribution is 2.28. The summed E-state index contributed by atoms with van der Waals surface area (Å²) in [7, 11) is 0. The molecule has 0 spiro atoms. The molecule has 0 atom stereocenters. The predicted octanol–water partition coefficient (Wildman–Crippen LogP) is 4.46. The van der Waals surface area contributed by atoms with Crippen molar-refractivity contribution in [1.82, 2.24) is 0 Å². The number of benzene rings is 3. The van der Waals surface area contributed by atoms with Crippen molar-refractivity contribution in [2.45, 2.75) is 0 Å². The Labute approximate surface area is 129 Å². The van der Waals surface area contributed by atoms with E-state index in [1.54, 1.807) is 24.3 Å². The molecule has 0 aliphatic carbocycles. The van der Waals surface area contributed by atoms with Crippen LogP contribution in [0.3, 0.4) is 0 Å². The first kappa shape index (κ1) is 13.8. The first-order valence-electron chi connectivity index (χ1n) is 6.99. The molecule has 104 valence electrons. The average molecular weight is 283 g/mol. The average Bonchev–Trinajstić information content (AvgIpc) is 2.62. The second-order valence-corrected chi connectivity index (χ2v) is 4.90. The van der Waals surface area contributed by atoms with Gasteiger partial charge in [0.05, 0.1) is 11.6 Å². The number of ketones is 1. The maximum absolute atomic E-state index is 12.8. The summed E-state index contributed by atoms with van der Waals surface area (Å²) in [4.78, 5) is 12.8. The van der Waals surface area contributed by atoms with Gasteiger partial charge in [0, 0.05) is 16.7 Å². The second-order valence-electron chi connectivity index (χ2n) is 4.90. The van der Waals surface area contributed by atoms with E-state index in [-0.39, 0.29) is 5.78 Å². The Bertz CT molecular complexity index is 860. The van der Waals surface area contributed by atoms with Crippen LogP contribution >= 0.6 is 0 Å². The van der Waals surface area contributed by atoms with Crippen molar-refractivity contribution >= 4 is 5.78 Å². The van der Waals surface area contributed by atoms with Crippen LogP contribution in [-0.4, -0.2) is 5.78 Å². The predicted molar refractivity (Wildman–Crippen MR) is 86.5 cm³/mol. The van der Waals surface area contributed by atoms with Gasteiger partial charge >= 0.3 is 0 Å². The summed E-state index contributed by atoms with van der Waals surface area (Å²) in [5, 5.41) is 9.29. The molecule has 2 heteroatoms. The quantitative estimate of drug-likeness (QED) is 0.666. The maximum atomic E-state index is 12.8. The monoisotopic (exact) mass is 283 g/mol. The third-order valence-corrected chi connectivity index (χ3v) is 3.55. The fraction of sp³-hybridized carbons (Fsp3) is 0. The van der Waals surface area contributed by atoms with Gasteiger partial charge in [0.2, 0.25) is 0 Å². The number of nitriles is 1. The Morgan fingerprint density at radius 2 is 1.32 bits per heavy atom. The maximum Gasteiger partial charge on any atom is 0.193 e. The van der Waals surface area contributed by atoms with E-state index in [1.807, 2.05) is 54.6 Å². The zero-order chi connectivity index (χ0) is 15.4. The lowest BCUT2D eigenvalue weighted by Crippen LogP contribution is -2.03. The molecule has 0 amide bonds. The van der Waals surface area contributed by atoms with E-state index in [1.165, 1.54) is 0 Å². The molecule has 0 heterocycles. The van der Waals surface area contributed by atoms with Gasteiger partial charge in [-0.2, -0.15) is 5.26 Å². The second kappa shape index (κ2) is 6.07. The topological polar surface area (TPSA) is 40.9 Å². The highest BCUT2D eigenvalue weighted by Gasteiger charge is 2.15. The van der Waals surface area contributed by atoms with Gasteiger partial charge < -0.3 is 0 Å². The third-order valence-electron chi connectivity index (χ3n) is 3.55. The Morgan fingerprint density at radius 1 is 0.727 bits per heavy atom. The van der Waals surface area contributed by atoms with Gasteiger partial charge in [-0.05, 0) is 11.6 Å². The Morgan fingerprint density at radius 3 is 2.05 bits per heavy atom. The van der Waals surface area contributed by atoms with Gasteiger partial charge in [-0.25, -0.2) is 0 Å². The van der Waals surface area contributed by atoms with Crippen molar-refractivity contribution in [1.29, 1.82) is 5.26 Å². The standard InChI is InChI=1S/C20H13NO/c21-14-16-10-4-5-11-17(16)18-12-6-7-13-19(18)20(22)15-8-2-1-3-9-15/h1-13H. The number of hydrogen-bond donors (Lipinski definition) is 0. The molecular weight excluding hydrogens is 270 g/mol. The van der Waals surface area contributed by atoms with Crippen LogP contribution in [-0.2, 0) is 0 Å². The molecule has 0 N–H and O–H groups in total. The Hall–Kier alpha value is -3.18. The molecule has 0 aliphatic heterocycles. The molecule has 0 unspecified atom stereocenters. The van der Waals surface area contributed by atoms with Gasteiger partial charge in [0.25, 0.3) is 0 Å². The minimum atomic E-state index is -0.0380. The zero-order valence-electron chi connectivity index (χ0n) is 11.9. The molecule has 0 bridgehead atoms. The van der Waals surface area contributed by atoms with E-state index in [2.05, 4.69) is 6.07 Å². The molecule has 0 saturated heterocycles. The molecule has 2 nitrogen and oxygen atoms in total. The van der Waals surface area contributed by atoms with E-state index in [0.717, 1.165) is 11.1 Å². The summed E-state index contributed by atoms with van der Waals surface area (Å²) in [6.07, 6.45) is 0. The largest absolute Gasteiger partial charge is 0.289 e. The molecule has 0 aliphatic rings. The lowest BCUT2D eigenvalue weighted by Gasteiger charge is -2.10. The summed E-state index contributed by atoms with van der Waals surface area (Å²) >= 11 is 0. The normalized spacial score (nSPS) is 9.95. The number of hydrogen-bond acceptors (Lipinski definition) is 2. The highest BCUT2D eigenvalue weighted by atomic mass is 16.1. The minimum Gasteiger partial charge on any atom is -0.289 e. The third kappa shape index (κ3) is 2.53. The number of nitrogens with zero attached hydrogens (tertiary/aromatic N) is 1. The van der Waals surface area contributed by atoms with Crippen molar-refractivity contribution in [3.63, 3.8) is 0 Å². The fourth-order valence-corrected chi connectivity index (χ4v) is 2.48. The van der Waals surface area contributed by atoms with Crippen LogP contribution in [0.25, 0.3) is 11.1 Å². The minimum absolute atomic E-state index is 0.0380. The van der Waals surface area contributed by atoms with Crippen LogP contribution in [0.2, 0.25) is 0 Å². The molecule has 3 rings (SSSR count). The highest BCUT2D eigenvalue weighted by molar-refractivity contribution is 6.13. The van der Waals surface area contributed by atoms with Crippen molar-refractivity contribution in [2.75, 3.05) is 0 Å². The van der Waals surface area contributed by atoms with E-state index >= 15 is 0 Å². The lowest BCUT2D eigenvalue weighted by atomic mass is 9.92. The van der Waals surface area contributed by atoms with Crippen molar-refractivity contribution in [3.05, 3.63) is 95.6 Å². The summed E-state index contributed by atoms with van der Waals surface area (Å²) < 4.78 is 0. The van der Waals surface area contributed by atoms with Crippen molar-refractivity contribution < 1.29 is 4.79 Å². The molecule has 3 aromatic rings. The van der Waals surface area contributed by atoms with Gasteiger partial charge in [0.1, 0.15) is 0 Å². The van der Waals surface area contributed by atoms with Crippen LogP contribution in [0.5, 0.6) is 0 Å². The lowest BCUT2D eigenvalue weighted by molar-refractivity contribution is 0.103. The molecule has 22 heavy (non-hydrogen) atoms. The smallest absolute Gasteiger partial charge is 0.193 e. The first-order valence-corrected chi connectivity index (χ1v) is 6.99. The van der Waals surface area contributed by atoms with E-state index in [0.29, 0.717) is 16.7 Å². The Balaban J connectivity index is 2.16. The zero-order valence-corrected chi connectivity index (χ0v) is 11.9. The first-order chi connectivity index (χ1) is 10.8. The summed E-state index contributed by atoms with van der Waals surface area (Å²) in [6.45, 7) is 0. The summed E-state index contributed by atoms with van der Waals surface area (Å²) in [5.41, 5.74) is 3.38. The number of carbonyl (C=O) groups is 1. The van der Waals surface area contributed by atoms with Crippen LogP contribution in [0, 0.1) is 11.3 Å². The molecule has 0 aromatic heterocycles. The SMILES string of the molecule is N#Cc1ccccc1-c1ccccc1C(=O)c1ccccc1. The van der Waals surface area contributed by atoms with Crippen LogP contribution in [0.4, 0.5) is 0 Å². The Kier molecular flexibility index (Phi) is 3.80. The molecular formula is C20H13NO. The van der Waals surface area contributed by atoms with Crippen LogP contribution < -0.4 is 0 Å². The fourth-order valence-electron chi connectivity index (χ4n) is 2.48. The summed E-state index contributed by atoms with van der Waals surface area (Å²) in [6, 6.07) is 26.1. The van der Waals surface area contributed by atoms with Gasteiger partial charge in [-0.1, -0.05) is 72.8 Å². The molecule has 0 fully saturated rings. The van der Waals surface area contributed by atoms with Crippen molar-refractivity contribution in [3.8, 4) is 17.2 Å². The molecule has 0 radical (unpaired) electrons. The van der Waals surface area contributed by atoms with Crippen molar-refractivity contribution in [2.24, 2.45) is 0 Å². The van der Waals surface area contributed by atoms with Gasteiger partial charge in [-0.15, -0.1) is 0 Å².